The molecule has 0 saturated carbocycles. The van der Waals surface area contributed by atoms with E-state index in [9.17, 15) is 13.2 Å². The van der Waals surface area contributed by atoms with Gasteiger partial charge in [0.1, 0.15) is 0 Å². The SMILES string of the molecule is CCC(CC)C1=CCON1C(F)(F)F. The van der Waals surface area contributed by atoms with Crippen LogP contribution in [0.2, 0.25) is 0 Å². The van der Waals surface area contributed by atoms with Crippen molar-refractivity contribution in [1.29, 1.82) is 0 Å². The zero-order valence-corrected chi connectivity index (χ0v) is 8.27. The van der Waals surface area contributed by atoms with Crippen molar-refractivity contribution in [3.63, 3.8) is 0 Å². The second kappa shape index (κ2) is 4.21. The van der Waals surface area contributed by atoms with Gasteiger partial charge in [0.25, 0.3) is 0 Å². The van der Waals surface area contributed by atoms with Crippen LogP contribution in [-0.4, -0.2) is 18.0 Å². The first kappa shape index (κ1) is 11.4. The normalized spacial score (nSPS) is 17.9. The Hall–Kier alpha value is -0.710. The summed E-state index contributed by atoms with van der Waals surface area (Å²) >= 11 is 0. The minimum atomic E-state index is -4.43. The van der Waals surface area contributed by atoms with E-state index in [-0.39, 0.29) is 23.3 Å². The molecule has 1 aliphatic heterocycles. The van der Waals surface area contributed by atoms with Crippen LogP contribution < -0.4 is 0 Å². The number of alkyl halides is 3. The van der Waals surface area contributed by atoms with Crippen LogP contribution in [0.15, 0.2) is 11.8 Å². The van der Waals surface area contributed by atoms with Crippen LogP contribution in [0.1, 0.15) is 26.7 Å². The lowest BCUT2D eigenvalue weighted by molar-refractivity contribution is -0.345. The summed E-state index contributed by atoms with van der Waals surface area (Å²) in [7, 11) is 0. The molecule has 5 heteroatoms. The number of hydrogen-bond donors (Lipinski definition) is 0. The highest BCUT2D eigenvalue weighted by molar-refractivity contribution is 5.07. The van der Waals surface area contributed by atoms with E-state index in [1.54, 1.807) is 0 Å². The van der Waals surface area contributed by atoms with Crippen LogP contribution in [0, 0.1) is 5.92 Å². The molecule has 1 aliphatic rings. The highest BCUT2D eigenvalue weighted by Crippen LogP contribution is 2.35. The maximum Gasteiger partial charge on any atom is 0.508 e. The van der Waals surface area contributed by atoms with Gasteiger partial charge in [-0.05, 0) is 18.9 Å². The lowest BCUT2D eigenvalue weighted by Crippen LogP contribution is -2.36. The maximum atomic E-state index is 12.4. The van der Waals surface area contributed by atoms with Gasteiger partial charge in [0, 0.05) is 5.92 Å². The van der Waals surface area contributed by atoms with Gasteiger partial charge in [0.05, 0.1) is 12.3 Å². The molecular weight excluding hydrogens is 195 g/mol. The summed E-state index contributed by atoms with van der Waals surface area (Å²) < 4.78 is 37.2. The first-order chi connectivity index (χ1) is 6.50. The first-order valence-corrected chi connectivity index (χ1v) is 4.70. The number of halogens is 3. The van der Waals surface area contributed by atoms with Gasteiger partial charge in [-0.25, -0.2) is 0 Å². The number of rotatable bonds is 3. The second-order valence-corrected chi connectivity index (χ2v) is 3.20. The van der Waals surface area contributed by atoms with Gasteiger partial charge in [-0.15, -0.1) is 13.2 Å². The second-order valence-electron chi connectivity index (χ2n) is 3.20. The molecule has 14 heavy (non-hydrogen) atoms. The van der Waals surface area contributed by atoms with Crippen molar-refractivity contribution in [2.45, 2.75) is 33.0 Å². The van der Waals surface area contributed by atoms with E-state index in [2.05, 4.69) is 4.84 Å². The number of nitrogens with zero attached hydrogens (tertiary/aromatic N) is 1. The van der Waals surface area contributed by atoms with Gasteiger partial charge >= 0.3 is 6.30 Å². The number of hydrogen-bond acceptors (Lipinski definition) is 2. The number of hydroxylamine groups is 2. The van der Waals surface area contributed by atoms with Crippen LogP contribution in [-0.2, 0) is 4.84 Å². The Morgan fingerprint density at radius 2 is 2.00 bits per heavy atom. The predicted molar refractivity (Wildman–Crippen MR) is 46.0 cm³/mol. The van der Waals surface area contributed by atoms with Crippen molar-refractivity contribution in [2.75, 3.05) is 6.61 Å². The zero-order chi connectivity index (χ0) is 10.8. The van der Waals surface area contributed by atoms with Crippen molar-refractivity contribution >= 4 is 0 Å². The van der Waals surface area contributed by atoms with Gasteiger partial charge in [0.2, 0.25) is 0 Å². The van der Waals surface area contributed by atoms with Crippen molar-refractivity contribution in [1.82, 2.24) is 5.06 Å². The zero-order valence-electron chi connectivity index (χ0n) is 8.27. The van der Waals surface area contributed by atoms with Gasteiger partial charge in [-0.3, -0.25) is 4.84 Å². The van der Waals surface area contributed by atoms with Crippen LogP contribution in [0.5, 0.6) is 0 Å². The lowest BCUT2D eigenvalue weighted by Gasteiger charge is -2.26. The topological polar surface area (TPSA) is 12.5 Å². The third-order valence-corrected chi connectivity index (χ3v) is 2.36. The molecule has 82 valence electrons. The highest BCUT2D eigenvalue weighted by Gasteiger charge is 2.43. The van der Waals surface area contributed by atoms with Gasteiger partial charge in [0.15, 0.2) is 0 Å². The molecule has 0 aromatic heterocycles. The molecule has 0 spiro atoms. The maximum absolute atomic E-state index is 12.4. The molecular formula is C9H14F3NO. The molecule has 1 rings (SSSR count). The molecule has 0 amide bonds. The van der Waals surface area contributed by atoms with Crippen molar-refractivity contribution in [3.05, 3.63) is 11.8 Å². The monoisotopic (exact) mass is 209 g/mol. The molecule has 0 atom stereocenters. The predicted octanol–water partition coefficient (Wildman–Crippen LogP) is 3.07. The van der Waals surface area contributed by atoms with Crippen molar-refractivity contribution < 1.29 is 18.0 Å². The van der Waals surface area contributed by atoms with Crippen molar-refractivity contribution in [3.8, 4) is 0 Å². The molecule has 0 aliphatic carbocycles. The minimum Gasteiger partial charge on any atom is -0.262 e. The molecule has 0 fully saturated rings. The van der Waals surface area contributed by atoms with Crippen LogP contribution in [0.4, 0.5) is 13.2 Å². The average molecular weight is 209 g/mol. The molecule has 2 nitrogen and oxygen atoms in total. The average Bonchev–Trinajstić information content (AvgIpc) is 2.54. The molecule has 1 heterocycles. The molecule has 0 aromatic rings. The quantitative estimate of drug-likeness (QED) is 0.662. The van der Waals surface area contributed by atoms with Crippen molar-refractivity contribution in [2.24, 2.45) is 5.92 Å². The summed E-state index contributed by atoms with van der Waals surface area (Å²) in [6.07, 6.45) is -1.54. The fourth-order valence-corrected chi connectivity index (χ4v) is 1.61. The summed E-state index contributed by atoms with van der Waals surface area (Å²) in [5, 5.41) is 0.0880. The summed E-state index contributed by atoms with van der Waals surface area (Å²) in [4.78, 5) is 4.53. The molecule has 0 aromatic carbocycles. The largest absolute Gasteiger partial charge is 0.508 e. The molecule has 0 saturated heterocycles. The van der Waals surface area contributed by atoms with Crippen LogP contribution in [0.3, 0.4) is 0 Å². The number of allylic oxidation sites excluding steroid dienone is 1. The van der Waals surface area contributed by atoms with E-state index in [1.165, 1.54) is 6.08 Å². The van der Waals surface area contributed by atoms with E-state index in [0.717, 1.165) is 0 Å². The Balaban J connectivity index is 2.77. The Kier molecular flexibility index (Phi) is 3.42. The summed E-state index contributed by atoms with van der Waals surface area (Å²) in [6.45, 7) is 3.77. The first-order valence-electron chi connectivity index (χ1n) is 4.70. The molecule has 0 N–H and O–H groups in total. The standard InChI is InChI=1S/C9H14F3NO/c1-3-7(4-2)8-5-6-14-13(8)9(10,11)12/h5,7H,3-4,6H2,1-2H3. The van der Waals surface area contributed by atoms with E-state index < -0.39 is 6.30 Å². The lowest BCUT2D eigenvalue weighted by atomic mass is 9.99. The van der Waals surface area contributed by atoms with Gasteiger partial charge in [-0.1, -0.05) is 13.8 Å². The molecule has 0 bridgehead atoms. The molecule has 0 unspecified atom stereocenters. The highest BCUT2D eigenvalue weighted by atomic mass is 19.4. The Morgan fingerprint density at radius 3 is 2.43 bits per heavy atom. The fourth-order valence-electron chi connectivity index (χ4n) is 1.61. The Bertz CT molecular complexity index is 221. The third-order valence-electron chi connectivity index (χ3n) is 2.36. The van der Waals surface area contributed by atoms with E-state index in [1.807, 2.05) is 13.8 Å². The van der Waals surface area contributed by atoms with Gasteiger partial charge in [-0.2, -0.15) is 5.06 Å². The fraction of sp³-hybridized carbons (Fsp3) is 0.778. The Labute approximate surface area is 81.3 Å². The van der Waals surface area contributed by atoms with Gasteiger partial charge < -0.3 is 0 Å². The molecule has 0 radical (unpaired) electrons. The smallest absolute Gasteiger partial charge is 0.262 e. The van der Waals surface area contributed by atoms with Crippen LogP contribution >= 0.6 is 0 Å². The van der Waals surface area contributed by atoms with Crippen LogP contribution in [0.25, 0.3) is 0 Å². The van der Waals surface area contributed by atoms with E-state index in [0.29, 0.717) is 12.8 Å². The summed E-state index contributed by atoms with van der Waals surface area (Å²) in [6, 6.07) is 0. The van der Waals surface area contributed by atoms with E-state index >= 15 is 0 Å². The summed E-state index contributed by atoms with van der Waals surface area (Å²) in [5.41, 5.74) is 0.252. The third kappa shape index (κ3) is 2.20. The minimum absolute atomic E-state index is 0.0192. The Morgan fingerprint density at radius 1 is 1.43 bits per heavy atom. The summed E-state index contributed by atoms with van der Waals surface area (Å²) in [5.74, 6) is -0.0703. The van der Waals surface area contributed by atoms with E-state index in [4.69, 9.17) is 0 Å².